The number of rotatable bonds is 6. The molecule has 0 fully saturated rings. The minimum absolute atomic E-state index is 0.184. The molecule has 0 saturated carbocycles. The van der Waals surface area contributed by atoms with E-state index >= 15 is 0 Å². The number of amides is 1. The Kier molecular flexibility index (Phi) is 6.84. The van der Waals surface area contributed by atoms with Gasteiger partial charge in [-0.05, 0) is 48.4 Å². The first-order valence-electron chi connectivity index (χ1n) is 9.43. The number of halogens is 3. The maximum Gasteiger partial charge on any atom is 0.416 e. The number of esters is 1. The van der Waals surface area contributed by atoms with Gasteiger partial charge < -0.3 is 19.5 Å². The van der Waals surface area contributed by atoms with Crippen molar-refractivity contribution in [2.45, 2.75) is 19.1 Å². The molecule has 1 heterocycles. The van der Waals surface area contributed by atoms with Crippen LogP contribution in [-0.4, -0.2) is 31.7 Å². The normalized spacial score (nSPS) is 14.2. The fourth-order valence-electron chi connectivity index (χ4n) is 2.86. The average Bonchev–Trinajstić information content (AvgIpc) is 2.75. The largest absolute Gasteiger partial charge is 0.486 e. The van der Waals surface area contributed by atoms with Crippen LogP contribution in [0.4, 0.5) is 13.2 Å². The second kappa shape index (κ2) is 9.55. The van der Waals surface area contributed by atoms with E-state index in [1.54, 1.807) is 25.1 Å². The number of carbonyl (C=O) groups excluding carboxylic acids is 2. The number of alkyl halides is 3. The molecular formula is C22H20F3NO5. The van der Waals surface area contributed by atoms with Gasteiger partial charge in [-0.15, -0.1) is 0 Å². The van der Waals surface area contributed by atoms with E-state index in [-0.39, 0.29) is 11.6 Å². The molecular weight excluding hydrogens is 415 g/mol. The van der Waals surface area contributed by atoms with Gasteiger partial charge in [0.25, 0.3) is 5.91 Å². The Bertz CT molecular complexity index is 987. The second-order valence-corrected chi connectivity index (χ2v) is 6.76. The van der Waals surface area contributed by atoms with Crippen LogP contribution in [0.2, 0.25) is 0 Å². The monoisotopic (exact) mass is 435 g/mol. The summed E-state index contributed by atoms with van der Waals surface area (Å²) in [5.74, 6) is -0.145. The van der Waals surface area contributed by atoms with Crippen LogP contribution in [0.15, 0.2) is 48.5 Å². The Labute approximate surface area is 176 Å². The van der Waals surface area contributed by atoms with Crippen LogP contribution in [0, 0.1) is 0 Å². The molecule has 3 rings (SSSR count). The van der Waals surface area contributed by atoms with Gasteiger partial charge in [-0.3, -0.25) is 4.79 Å². The summed E-state index contributed by atoms with van der Waals surface area (Å²) in [5.41, 5.74) is 0.146. The van der Waals surface area contributed by atoms with Crippen molar-refractivity contribution in [3.8, 4) is 11.5 Å². The zero-order valence-electron chi connectivity index (χ0n) is 16.6. The van der Waals surface area contributed by atoms with Crippen LogP contribution in [0.1, 0.15) is 29.7 Å². The van der Waals surface area contributed by atoms with E-state index < -0.39 is 30.2 Å². The molecule has 1 N–H and O–H groups in total. The number of fused-ring (bicyclic) bond motifs is 1. The van der Waals surface area contributed by atoms with Crippen LogP contribution in [0.3, 0.4) is 0 Å². The highest BCUT2D eigenvalue weighted by Gasteiger charge is 2.30. The first-order chi connectivity index (χ1) is 14.7. The van der Waals surface area contributed by atoms with Gasteiger partial charge in [0.05, 0.1) is 11.6 Å². The third kappa shape index (κ3) is 6.24. The van der Waals surface area contributed by atoms with Crippen molar-refractivity contribution in [3.63, 3.8) is 0 Å². The third-order valence-corrected chi connectivity index (χ3v) is 4.42. The summed E-state index contributed by atoms with van der Waals surface area (Å²) in [6.07, 6.45) is -2.32. The molecule has 164 valence electrons. The standard InChI is InChI=1S/C22H20F3NO5/c1-14(16-6-7-18-19(12-16)30-10-9-29-18)26-20(27)13-31-21(28)8-5-15-3-2-4-17(11-15)22(23,24)25/h2-8,11-12,14H,9-10,13H2,1H3,(H,26,27)/b8-5+. The molecule has 0 saturated heterocycles. The molecule has 0 spiro atoms. The van der Waals surface area contributed by atoms with E-state index in [0.717, 1.165) is 23.8 Å². The maximum atomic E-state index is 12.7. The lowest BCUT2D eigenvalue weighted by Crippen LogP contribution is -2.31. The molecule has 1 unspecified atom stereocenters. The number of ether oxygens (including phenoxy) is 3. The molecule has 6 nitrogen and oxygen atoms in total. The van der Waals surface area contributed by atoms with Gasteiger partial charge in [0.1, 0.15) is 13.2 Å². The van der Waals surface area contributed by atoms with Crippen molar-refractivity contribution < 1.29 is 37.0 Å². The van der Waals surface area contributed by atoms with E-state index in [2.05, 4.69) is 5.32 Å². The number of hydrogen-bond donors (Lipinski definition) is 1. The summed E-state index contributed by atoms with van der Waals surface area (Å²) in [6, 6.07) is 9.44. The van der Waals surface area contributed by atoms with Gasteiger partial charge in [-0.25, -0.2) is 4.79 Å². The molecule has 1 amide bonds. The SMILES string of the molecule is CC(NC(=O)COC(=O)/C=C/c1cccc(C(F)(F)F)c1)c1ccc2c(c1)OCCO2. The van der Waals surface area contributed by atoms with Crippen molar-refractivity contribution in [1.29, 1.82) is 0 Å². The molecule has 2 aromatic carbocycles. The first kappa shape index (κ1) is 22.2. The Hall–Kier alpha value is -3.49. The fourth-order valence-corrected chi connectivity index (χ4v) is 2.86. The van der Waals surface area contributed by atoms with Crippen molar-refractivity contribution >= 4 is 18.0 Å². The van der Waals surface area contributed by atoms with Crippen molar-refractivity contribution in [1.82, 2.24) is 5.32 Å². The number of carbonyl (C=O) groups is 2. The quantitative estimate of drug-likeness (QED) is 0.550. The van der Waals surface area contributed by atoms with E-state index in [1.807, 2.05) is 0 Å². The number of nitrogens with one attached hydrogen (secondary N) is 1. The average molecular weight is 435 g/mol. The van der Waals surface area contributed by atoms with Crippen molar-refractivity contribution in [2.75, 3.05) is 19.8 Å². The van der Waals surface area contributed by atoms with E-state index in [4.69, 9.17) is 14.2 Å². The van der Waals surface area contributed by atoms with Crippen LogP contribution < -0.4 is 14.8 Å². The second-order valence-electron chi connectivity index (χ2n) is 6.76. The summed E-state index contributed by atoms with van der Waals surface area (Å²) in [5, 5.41) is 2.69. The summed E-state index contributed by atoms with van der Waals surface area (Å²) < 4.78 is 53.9. The van der Waals surface area contributed by atoms with Crippen LogP contribution in [-0.2, 0) is 20.5 Å². The minimum Gasteiger partial charge on any atom is -0.486 e. The first-order valence-corrected chi connectivity index (χ1v) is 9.43. The summed E-state index contributed by atoms with van der Waals surface area (Å²) >= 11 is 0. The van der Waals surface area contributed by atoms with Crippen molar-refractivity contribution in [3.05, 3.63) is 65.2 Å². The summed E-state index contributed by atoms with van der Waals surface area (Å²) in [4.78, 5) is 23.8. The fraction of sp³-hybridized carbons (Fsp3) is 0.273. The Balaban J connectivity index is 1.49. The minimum atomic E-state index is -4.48. The van der Waals surface area contributed by atoms with Gasteiger partial charge in [0.2, 0.25) is 0 Å². The van der Waals surface area contributed by atoms with E-state index in [1.165, 1.54) is 18.2 Å². The smallest absolute Gasteiger partial charge is 0.416 e. The molecule has 0 bridgehead atoms. The predicted molar refractivity (Wildman–Crippen MR) is 105 cm³/mol. The summed E-state index contributed by atoms with van der Waals surface area (Å²) in [7, 11) is 0. The van der Waals surface area contributed by atoms with E-state index in [9.17, 15) is 22.8 Å². The van der Waals surface area contributed by atoms with E-state index in [0.29, 0.717) is 24.7 Å². The highest BCUT2D eigenvalue weighted by Crippen LogP contribution is 2.32. The molecule has 1 aliphatic rings. The molecule has 1 atom stereocenters. The van der Waals surface area contributed by atoms with Gasteiger partial charge in [0.15, 0.2) is 18.1 Å². The Morgan fingerprint density at radius 2 is 1.87 bits per heavy atom. The maximum absolute atomic E-state index is 12.7. The van der Waals surface area contributed by atoms with Gasteiger partial charge in [0, 0.05) is 6.08 Å². The van der Waals surface area contributed by atoms with Crippen LogP contribution in [0.25, 0.3) is 6.08 Å². The van der Waals surface area contributed by atoms with Crippen LogP contribution in [0.5, 0.6) is 11.5 Å². The lowest BCUT2D eigenvalue weighted by atomic mass is 10.1. The third-order valence-electron chi connectivity index (χ3n) is 4.42. The zero-order chi connectivity index (χ0) is 22.4. The highest BCUT2D eigenvalue weighted by molar-refractivity contribution is 5.89. The Morgan fingerprint density at radius 3 is 2.61 bits per heavy atom. The predicted octanol–water partition coefficient (Wildman–Crippen LogP) is 3.91. The van der Waals surface area contributed by atoms with Gasteiger partial charge in [-0.2, -0.15) is 13.2 Å². The highest BCUT2D eigenvalue weighted by atomic mass is 19.4. The molecule has 9 heteroatoms. The van der Waals surface area contributed by atoms with Crippen LogP contribution >= 0.6 is 0 Å². The van der Waals surface area contributed by atoms with Crippen molar-refractivity contribution in [2.24, 2.45) is 0 Å². The lowest BCUT2D eigenvalue weighted by Gasteiger charge is -2.21. The lowest BCUT2D eigenvalue weighted by molar-refractivity contribution is -0.144. The molecule has 0 aromatic heterocycles. The number of hydrogen-bond acceptors (Lipinski definition) is 5. The van der Waals surface area contributed by atoms with Gasteiger partial charge in [-0.1, -0.05) is 18.2 Å². The molecule has 1 aliphatic heterocycles. The zero-order valence-corrected chi connectivity index (χ0v) is 16.6. The molecule has 0 aliphatic carbocycles. The Morgan fingerprint density at radius 1 is 1.13 bits per heavy atom. The molecule has 31 heavy (non-hydrogen) atoms. The molecule has 0 radical (unpaired) electrons. The summed E-state index contributed by atoms with van der Waals surface area (Å²) in [6.45, 7) is 2.16. The number of benzene rings is 2. The molecule has 2 aromatic rings. The topological polar surface area (TPSA) is 73.9 Å². The van der Waals surface area contributed by atoms with Gasteiger partial charge >= 0.3 is 12.1 Å².